The first-order valence-corrected chi connectivity index (χ1v) is 15.6. The summed E-state index contributed by atoms with van der Waals surface area (Å²) in [4.78, 5) is 10.5. The van der Waals surface area contributed by atoms with Crippen molar-refractivity contribution in [1.82, 2.24) is 18.9 Å². The van der Waals surface area contributed by atoms with E-state index in [-0.39, 0.29) is 0 Å². The highest BCUT2D eigenvalue weighted by molar-refractivity contribution is 6.20. The van der Waals surface area contributed by atoms with E-state index in [1.54, 1.807) is 0 Å². The largest absolute Gasteiger partial charge is 0.294 e. The van der Waals surface area contributed by atoms with E-state index in [0.29, 0.717) is 0 Å². The van der Waals surface area contributed by atoms with Crippen molar-refractivity contribution in [1.29, 1.82) is 0 Å². The average Bonchev–Trinajstić information content (AvgIpc) is 3.68. The number of nitrogens with zero attached hydrogens (tertiary/aromatic N) is 4. The number of hydrogen-bond donors (Lipinski definition) is 0. The van der Waals surface area contributed by atoms with Crippen LogP contribution < -0.4 is 0 Å². The van der Waals surface area contributed by atoms with Crippen LogP contribution in [0.15, 0.2) is 158 Å². The minimum Gasteiger partial charge on any atom is -0.294 e. The van der Waals surface area contributed by atoms with E-state index in [9.17, 15) is 0 Å². The van der Waals surface area contributed by atoms with E-state index in [4.69, 9.17) is 9.97 Å². The molecule has 4 heterocycles. The SMILES string of the molecule is c1ccc(-c2cc(-c3ccccc3)nc(-n3c4ccccc4c4cc5c(cc43)c3ccccc3c3nc4ccccc4n53)c2)cc1. The van der Waals surface area contributed by atoms with Gasteiger partial charge in [-0.15, -0.1) is 0 Å². The van der Waals surface area contributed by atoms with Gasteiger partial charge in [0.25, 0.3) is 0 Å². The second-order valence-corrected chi connectivity index (χ2v) is 11.9. The Balaban J connectivity index is 1.37. The van der Waals surface area contributed by atoms with E-state index in [0.717, 1.165) is 66.8 Å². The van der Waals surface area contributed by atoms with E-state index in [1.807, 2.05) is 6.07 Å². The van der Waals surface area contributed by atoms with Gasteiger partial charge >= 0.3 is 0 Å². The molecule has 4 aromatic heterocycles. The van der Waals surface area contributed by atoms with Gasteiger partial charge in [0.2, 0.25) is 0 Å². The summed E-state index contributed by atoms with van der Waals surface area (Å²) in [5, 5.41) is 5.90. The maximum Gasteiger partial charge on any atom is 0.146 e. The summed E-state index contributed by atoms with van der Waals surface area (Å²) in [6, 6.07) is 55.9. The standard InChI is InChI=1S/C42H26N4/c1-3-13-27(14-4-1)29-23-36(28-15-5-2-6-16-28)43-41(24-29)45-37-21-11-9-18-31(37)34-26-40-33(25-39(34)45)30-17-7-8-19-32(30)42-44-35-20-10-12-22-38(35)46(40)42/h1-26H. The predicted octanol–water partition coefficient (Wildman–Crippen LogP) is 10.6. The van der Waals surface area contributed by atoms with Gasteiger partial charge in [-0.1, -0.05) is 115 Å². The van der Waals surface area contributed by atoms with Crippen molar-refractivity contribution in [2.45, 2.75) is 0 Å². The highest BCUT2D eigenvalue weighted by atomic mass is 15.1. The molecule has 10 rings (SSSR count). The Labute approximate surface area is 264 Å². The van der Waals surface area contributed by atoms with Gasteiger partial charge in [-0.05, 0) is 59.0 Å². The van der Waals surface area contributed by atoms with E-state index in [1.165, 1.54) is 21.5 Å². The Bertz CT molecular complexity index is 2730. The Hall–Kier alpha value is -6.26. The molecule has 0 aliphatic heterocycles. The van der Waals surface area contributed by atoms with Gasteiger partial charge in [0.15, 0.2) is 0 Å². The number of imidazole rings is 1. The number of para-hydroxylation sites is 3. The van der Waals surface area contributed by atoms with Gasteiger partial charge in [-0.25, -0.2) is 9.97 Å². The van der Waals surface area contributed by atoms with Crippen LogP contribution >= 0.6 is 0 Å². The second-order valence-electron chi connectivity index (χ2n) is 11.9. The number of rotatable bonds is 3. The molecule has 0 saturated heterocycles. The Morgan fingerprint density at radius 1 is 0.370 bits per heavy atom. The molecule has 0 aliphatic carbocycles. The molecule has 10 aromatic rings. The van der Waals surface area contributed by atoms with E-state index >= 15 is 0 Å². The van der Waals surface area contributed by atoms with Crippen LogP contribution in [0.1, 0.15) is 0 Å². The summed E-state index contributed by atoms with van der Waals surface area (Å²) in [5.41, 5.74) is 10.8. The normalized spacial score (nSPS) is 11.9. The zero-order valence-corrected chi connectivity index (χ0v) is 24.8. The third-order valence-corrected chi connectivity index (χ3v) is 9.27. The molecule has 0 N–H and O–H groups in total. The predicted molar refractivity (Wildman–Crippen MR) is 191 cm³/mol. The fourth-order valence-corrected chi connectivity index (χ4v) is 7.20. The van der Waals surface area contributed by atoms with Crippen molar-refractivity contribution >= 4 is 60.2 Å². The number of benzene rings is 6. The molecule has 4 heteroatoms. The second kappa shape index (κ2) is 9.62. The number of pyridine rings is 2. The highest BCUT2D eigenvalue weighted by Crippen LogP contribution is 2.39. The molecule has 0 saturated carbocycles. The number of fused-ring (bicyclic) bond motifs is 11. The topological polar surface area (TPSA) is 35.1 Å². The fourth-order valence-electron chi connectivity index (χ4n) is 7.20. The van der Waals surface area contributed by atoms with Crippen LogP contribution in [0.5, 0.6) is 0 Å². The van der Waals surface area contributed by atoms with Gasteiger partial charge in [0.05, 0.1) is 33.3 Å². The van der Waals surface area contributed by atoms with Crippen molar-refractivity contribution in [3.8, 4) is 28.2 Å². The van der Waals surface area contributed by atoms with Gasteiger partial charge in [-0.2, -0.15) is 0 Å². The molecule has 0 aliphatic rings. The molecule has 6 aromatic carbocycles. The molecule has 46 heavy (non-hydrogen) atoms. The van der Waals surface area contributed by atoms with E-state index in [2.05, 4.69) is 161 Å². The lowest BCUT2D eigenvalue weighted by molar-refractivity contribution is 1.08. The summed E-state index contributed by atoms with van der Waals surface area (Å²) in [6.45, 7) is 0. The minimum atomic E-state index is 0.893. The average molecular weight is 587 g/mol. The van der Waals surface area contributed by atoms with Crippen LogP contribution in [-0.2, 0) is 0 Å². The third kappa shape index (κ3) is 3.61. The maximum atomic E-state index is 5.34. The molecule has 0 radical (unpaired) electrons. The lowest BCUT2D eigenvalue weighted by Gasteiger charge is -2.14. The molecule has 0 unspecified atom stereocenters. The Morgan fingerprint density at radius 2 is 0.978 bits per heavy atom. The summed E-state index contributed by atoms with van der Waals surface area (Å²) in [6.07, 6.45) is 0. The summed E-state index contributed by atoms with van der Waals surface area (Å²) < 4.78 is 4.67. The Kier molecular flexibility index (Phi) is 5.25. The molecule has 4 nitrogen and oxygen atoms in total. The van der Waals surface area contributed by atoms with Gasteiger partial charge in [0, 0.05) is 27.1 Å². The summed E-state index contributed by atoms with van der Waals surface area (Å²) in [7, 11) is 0. The van der Waals surface area contributed by atoms with E-state index < -0.39 is 0 Å². The summed E-state index contributed by atoms with van der Waals surface area (Å²) >= 11 is 0. The monoisotopic (exact) mass is 586 g/mol. The molecular formula is C42H26N4. The zero-order chi connectivity index (χ0) is 30.2. The molecular weight excluding hydrogens is 560 g/mol. The molecule has 214 valence electrons. The summed E-state index contributed by atoms with van der Waals surface area (Å²) in [5.74, 6) is 0.893. The molecule has 0 fully saturated rings. The van der Waals surface area contributed by atoms with Crippen molar-refractivity contribution < 1.29 is 0 Å². The maximum absolute atomic E-state index is 5.34. The number of aromatic nitrogens is 4. The van der Waals surface area contributed by atoms with Gasteiger partial charge in [-0.3, -0.25) is 8.97 Å². The molecule has 0 atom stereocenters. The molecule has 0 spiro atoms. The highest BCUT2D eigenvalue weighted by Gasteiger charge is 2.19. The van der Waals surface area contributed by atoms with Crippen LogP contribution in [0.3, 0.4) is 0 Å². The fraction of sp³-hybridized carbons (Fsp3) is 0. The molecule has 0 amide bonds. The quantitative estimate of drug-likeness (QED) is 0.193. The Morgan fingerprint density at radius 3 is 1.78 bits per heavy atom. The van der Waals surface area contributed by atoms with Crippen LogP contribution in [-0.4, -0.2) is 18.9 Å². The first-order chi connectivity index (χ1) is 22.8. The van der Waals surface area contributed by atoms with Crippen LogP contribution in [0.25, 0.3) is 88.4 Å². The zero-order valence-electron chi connectivity index (χ0n) is 24.8. The first-order valence-electron chi connectivity index (χ1n) is 15.6. The van der Waals surface area contributed by atoms with Gasteiger partial charge < -0.3 is 0 Å². The van der Waals surface area contributed by atoms with Crippen molar-refractivity contribution in [2.75, 3.05) is 0 Å². The lowest BCUT2D eigenvalue weighted by atomic mass is 10.0. The van der Waals surface area contributed by atoms with Crippen LogP contribution in [0.2, 0.25) is 0 Å². The van der Waals surface area contributed by atoms with Crippen molar-refractivity contribution in [2.24, 2.45) is 0 Å². The lowest BCUT2D eigenvalue weighted by Crippen LogP contribution is -2.00. The van der Waals surface area contributed by atoms with Gasteiger partial charge in [0.1, 0.15) is 11.5 Å². The number of hydrogen-bond acceptors (Lipinski definition) is 2. The van der Waals surface area contributed by atoms with Crippen LogP contribution in [0, 0.1) is 0 Å². The smallest absolute Gasteiger partial charge is 0.146 e. The van der Waals surface area contributed by atoms with Crippen molar-refractivity contribution in [3.05, 3.63) is 158 Å². The van der Waals surface area contributed by atoms with Crippen LogP contribution in [0.4, 0.5) is 0 Å². The minimum absolute atomic E-state index is 0.893. The molecule has 0 bridgehead atoms. The first kappa shape index (κ1) is 25.1. The third-order valence-electron chi connectivity index (χ3n) is 9.27. The van der Waals surface area contributed by atoms with Crippen molar-refractivity contribution in [3.63, 3.8) is 0 Å².